The van der Waals surface area contributed by atoms with Gasteiger partial charge in [0.2, 0.25) is 0 Å². The molecule has 0 heterocycles. The Hall–Kier alpha value is -0.860. The van der Waals surface area contributed by atoms with Crippen LogP contribution in [0.1, 0.15) is 26.7 Å². The molecule has 2 aliphatic carbocycles. The Morgan fingerprint density at radius 1 is 1.62 bits per heavy atom. The second-order valence-electron chi connectivity index (χ2n) is 4.88. The smallest absolute Gasteiger partial charge is 0.306 e. The number of carbonyl (C=O) groups is 2. The molecule has 1 N–H and O–H groups in total. The predicted molar refractivity (Wildman–Crippen MR) is 46.1 cm³/mol. The van der Waals surface area contributed by atoms with Gasteiger partial charge in [-0.1, -0.05) is 13.8 Å². The maximum absolute atomic E-state index is 10.8. The Morgan fingerprint density at radius 3 is 2.62 bits per heavy atom. The summed E-state index contributed by atoms with van der Waals surface area (Å²) < 4.78 is 0. The Labute approximate surface area is 77.1 Å². The highest BCUT2D eigenvalue weighted by atomic mass is 16.4. The van der Waals surface area contributed by atoms with Crippen LogP contribution in [0, 0.1) is 22.7 Å². The Balaban J connectivity index is 2.15. The van der Waals surface area contributed by atoms with Crippen LogP contribution in [0.15, 0.2) is 0 Å². The summed E-state index contributed by atoms with van der Waals surface area (Å²) in [7, 11) is 0. The number of carboxylic acid groups (broad SMARTS) is 1. The monoisotopic (exact) mass is 182 g/mol. The molecule has 2 saturated carbocycles. The fourth-order valence-corrected chi connectivity index (χ4v) is 3.47. The van der Waals surface area contributed by atoms with Crippen LogP contribution in [0.2, 0.25) is 0 Å². The second kappa shape index (κ2) is 2.14. The summed E-state index contributed by atoms with van der Waals surface area (Å²) in [6.07, 6.45) is 2.16. The molecule has 0 aliphatic heterocycles. The molecule has 3 unspecified atom stereocenters. The zero-order chi connectivity index (χ0) is 9.85. The molecule has 13 heavy (non-hydrogen) atoms. The number of carbonyl (C=O) groups excluding carboxylic acids is 1. The summed E-state index contributed by atoms with van der Waals surface area (Å²) in [4.78, 5) is 21.2. The van der Waals surface area contributed by atoms with Crippen molar-refractivity contribution in [3.05, 3.63) is 0 Å². The quantitative estimate of drug-likeness (QED) is 0.670. The molecule has 3 heteroatoms. The summed E-state index contributed by atoms with van der Waals surface area (Å²) in [6, 6.07) is 0. The van der Waals surface area contributed by atoms with E-state index in [1.807, 2.05) is 0 Å². The summed E-state index contributed by atoms with van der Waals surface area (Å²) >= 11 is 0. The van der Waals surface area contributed by atoms with Gasteiger partial charge in [-0.3, -0.25) is 4.79 Å². The minimum Gasteiger partial charge on any atom is -0.481 e. The van der Waals surface area contributed by atoms with Crippen LogP contribution in [0.3, 0.4) is 0 Å². The second-order valence-corrected chi connectivity index (χ2v) is 4.88. The molecule has 0 aromatic heterocycles. The number of rotatable bonds is 3. The Morgan fingerprint density at radius 2 is 2.23 bits per heavy atom. The van der Waals surface area contributed by atoms with Crippen molar-refractivity contribution < 1.29 is 14.7 Å². The third-order valence-corrected chi connectivity index (χ3v) is 4.32. The first-order valence-corrected chi connectivity index (χ1v) is 4.64. The number of aldehydes is 1. The molecule has 3 nitrogen and oxygen atoms in total. The van der Waals surface area contributed by atoms with Crippen LogP contribution >= 0.6 is 0 Å². The zero-order valence-corrected chi connectivity index (χ0v) is 7.91. The van der Waals surface area contributed by atoms with Crippen molar-refractivity contribution in [3.8, 4) is 0 Å². The van der Waals surface area contributed by atoms with E-state index >= 15 is 0 Å². The molecule has 0 saturated heterocycles. The molecule has 0 spiro atoms. The van der Waals surface area contributed by atoms with Gasteiger partial charge in [0, 0.05) is 6.42 Å². The first-order valence-electron chi connectivity index (χ1n) is 4.64. The fraction of sp³-hybridized carbons (Fsp3) is 0.800. The van der Waals surface area contributed by atoms with Crippen LogP contribution in [-0.2, 0) is 9.59 Å². The number of hydrogen-bond donors (Lipinski definition) is 1. The Kier molecular flexibility index (Phi) is 1.44. The molecular weight excluding hydrogens is 168 g/mol. The largest absolute Gasteiger partial charge is 0.481 e. The SMILES string of the molecule is CC1(C)C2C(C(=O)O)CC21CC=O. The lowest BCUT2D eigenvalue weighted by molar-refractivity contribution is -0.147. The van der Waals surface area contributed by atoms with Gasteiger partial charge in [-0.15, -0.1) is 0 Å². The van der Waals surface area contributed by atoms with Crippen molar-refractivity contribution in [2.75, 3.05) is 0 Å². The average molecular weight is 182 g/mol. The lowest BCUT2D eigenvalue weighted by Gasteiger charge is -2.30. The molecule has 0 aromatic rings. The molecule has 0 amide bonds. The first kappa shape index (κ1) is 8.73. The molecule has 0 radical (unpaired) electrons. The van der Waals surface area contributed by atoms with Gasteiger partial charge >= 0.3 is 5.97 Å². The van der Waals surface area contributed by atoms with E-state index in [-0.39, 0.29) is 22.7 Å². The molecule has 0 bridgehead atoms. The van der Waals surface area contributed by atoms with Gasteiger partial charge in [-0.05, 0) is 23.2 Å². The Bertz CT molecular complexity index is 282. The van der Waals surface area contributed by atoms with Crippen LogP contribution < -0.4 is 0 Å². The van der Waals surface area contributed by atoms with E-state index in [2.05, 4.69) is 13.8 Å². The molecule has 2 fully saturated rings. The average Bonchev–Trinajstić information content (AvgIpc) is 2.26. The highest BCUT2D eigenvalue weighted by Gasteiger charge is 2.81. The number of aliphatic carboxylic acids is 1. The molecule has 0 aromatic carbocycles. The highest BCUT2D eigenvalue weighted by molar-refractivity contribution is 5.75. The normalized spacial score (nSPS) is 44.5. The summed E-state index contributed by atoms with van der Waals surface area (Å²) in [5.41, 5.74) is 0.106. The van der Waals surface area contributed by atoms with Gasteiger partial charge in [-0.2, -0.15) is 0 Å². The number of hydrogen-bond acceptors (Lipinski definition) is 2. The maximum atomic E-state index is 10.8. The van der Waals surface area contributed by atoms with Crippen LogP contribution in [-0.4, -0.2) is 17.4 Å². The maximum Gasteiger partial charge on any atom is 0.306 e. The van der Waals surface area contributed by atoms with E-state index in [4.69, 9.17) is 5.11 Å². The van der Waals surface area contributed by atoms with Gasteiger partial charge in [0.05, 0.1) is 5.92 Å². The van der Waals surface area contributed by atoms with E-state index in [0.717, 1.165) is 6.29 Å². The lowest BCUT2D eigenvalue weighted by atomic mass is 9.73. The first-order chi connectivity index (χ1) is 5.97. The zero-order valence-electron chi connectivity index (χ0n) is 7.91. The van der Waals surface area contributed by atoms with E-state index in [9.17, 15) is 9.59 Å². The summed E-state index contributed by atoms with van der Waals surface area (Å²) in [6.45, 7) is 4.15. The van der Waals surface area contributed by atoms with E-state index in [1.165, 1.54) is 0 Å². The van der Waals surface area contributed by atoms with Crippen LogP contribution in [0.25, 0.3) is 0 Å². The van der Waals surface area contributed by atoms with Gasteiger partial charge in [0.25, 0.3) is 0 Å². The third-order valence-electron chi connectivity index (χ3n) is 4.32. The molecule has 72 valence electrons. The van der Waals surface area contributed by atoms with Crippen molar-refractivity contribution >= 4 is 12.3 Å². The molecule has 2 rings (SSSR count). The van der Waals surface area contributed by atoms with Gasteiger partial charge in [-0.25, -0.2) is 0 Å². The van der Waals surface area contributed by atoms with E-state index in [1.54, 1.807) is 0 Å². The summed E-state index contributed by atoms with van der Waals surface area (Å²) in [5.74, 6) is -0.658. The van der Waals surface area contributed by atoms with Gasteiger partial charge < -0.3 is 9.90 Å². The fourth-order valence-electron chi connectivity index (χ4n) is 3.47. The summed E-state index contributed by atoms with van der Waals surface area (Å²) in [5, 5.41) is 8.86. The van der Waals surface area contributed by atoms with E-state index in [0.29, 0.717) is 12.8 Å². The number of carboxylic acids is 1. The topological polar surface area (TPSA) is 54.4 Å². The van der Waals surface area contributed by atoms with Crippen molar-refractivity contribution in [1.29, 1.82) is 0 Å². The minimum atomic E-state index is -0.697. The van der Waals surface area contributed by atoms with Crippen molar-refractivity contribution in [2.45, 2.75) is 26.7 Å². The third kappa shape index (κ3) is 0.754. The number of fused-ring (bicyclic) bond motifs is 1. The minimum absolute atomic E-state index is 0.0395. The van der Waals surface area contributed by atoms with Crippen molar-refractivity contribution in [1.82, 2.24) is 0 Å². The van der Waals surface area contributed by atoms with E-state index < -0.39 is 5.97 Å². The van der Waals surface area contributed by atoms with Crippen LogP contribution in [0.5, 0.6) is 0 Å². The van der Waals surface area contributed by atoms with Crippen LogP contribution in [0.4, 0.5) is 0 Å². The van der Waals surface area contributed by atoms with Crippen molar-refractivity contribution in [3.63, 3.8) is 0 Å². The molecule has 2 aliphatic rings. The highest BCUT2D eigenvalue weighted by Crippen LogP contribution is 2.83. The van der Waals surface area contributed by atoms with Gasteiger partial charge in [0.1, 0.15) is 6.29 Å². The molecular formula is C10H14O3. The van der Waals surface area contributed by atoms with Gasteiger partial charge in [0.15, 0.2) is 0 Å². The predicted octanol–water partition coefficient (Wildman–Crippen LogP) is 1.32. The molecule has 3 atom stereocenters. The standard InChI is InChI=1S/C10H14O3/c1-9(2)7-6(8(12)13)5-10(7,9)3-4-11/h4,6-7H,3,5H2,1-2H3,(H,12,13). The lowest BCUT2D eigenvalue weighted by Crippen LogP contribution is -2.32. The van der Waals surface area contributed by atoms with Crippen molar-refractivity contribution in [2.24, 2.45) is 22.7 Å².